The monoisotopic (exact) mass is 340 g/mol. The normalized spacial score (nSPS) is 12.7. The minimum atomic E-state index is -0.148. The van der Waals surface area contributed by atoms with Crippen molar-refractivity contribution in [3.05, 3.63) is 63.7 Å². The summed E-state index contributed by atoms with van der Waals surface area (Å²) >= 11 is 6.09. The lowest BCUT2D eigenvalue weighted by molar-refractivity contribution is -0.116. The predicted octanol–water partition coefficient (Wildman–Crippen LogP) is 3.74. The van der Waals surface area contributed by atoms with Crippen LogP contribution in [0.3, 0.4) is 0 Å². The summed E-state index contributed by atoms with van der Waals surface area (Å²) in [6, 6.07) is 11.0. The molecule has 3 rings (SSSR count). The molecule has 1 aliphatic rings. The zero-order chi connectivity index (χ0) is 17.3. The van der Waals surface area contributed by atoms with Crippen LogP contribution in [0, 0.1) is 0 Å². The quantitative estimate of drug-likeness (QED) is 0.859. The number of fused-ring (bicyclic) bond motifs is 2. The van der Waals surface area contributed by atoms with Crippen molar-refractivity contribution in [2.24, 2.45) is 0 Å². The molecule has 4 nitrogen and oxygen atoms in total. The number of anilines is 1. The molecule has 0 unspecified atom stereocenters. The van der Waals surface area contributed by atoms with Crippen molar-refractivity contribution >= 4 is 41.3 Å². The number of rotatable bonds is 1. The van der Waals surface area contributed by atoms with Gasteiger partial charge in [-0.1, -0.05) is 29.8 Å². The molecule has 5 heteroatoms. The average Bonchev–Trinajstić information content (AvgIpc) is 2.56. The van der Waals surface area contributed by atoms with Gasteiger partial charge in [0.2, 0.25) is 5.91 Å². The molecule has 0 saturated heterocycles. The molecule has 0 saturated carbocycles. The van der Waals surface area contributed by atoms with Gasteiger partial charge in [-0.25, -0.2) is 0 Å². The van der Waals surface area contributed by atoms with Gasteiger partial charge >= 0.3 is 0 Å². The Morgan fingerprint density at radius 3 is 2.54 bits per heavy atom. The van der Waals surface area contributed by atoms with E-state index in [1.165, 1.54) is 6.92 Å². The molecular weight excluding hydrogens is 324 g/mol. The zero-order valence-electron chi connectivity index (χ0n) is 13.5. The Labute approximate surface area is 145 Å². The molecule has 0 radical (unpaired) electrons. The molecule has 0 bridgehead atoms. The van der Waals surface area contributed by atoms with Gasteiger partial charge in [-0.15, -0.1) is 0 Å². The number of hydrogen-bond donors (Lipinski definition) is 1. The second-order valence-corrected chi connectivity index (χ2v) is 6.07. The van der Waals surface area contributed by atoms with Crippen LogP contribution in [0.4, 0.5) is 5.69 Å². The van der Waals surface area contributed by atoms with Gasteiger partial charge in [0.1, 0.15) is 0 Å². The molecule has 2 aromatic rings. The molecule has 0 fully saturated rings. The molecule has 122 valence electrons. The predicted molar refractivity (Wildman–Crippen MR) is 97.1 cm³/mol. The van der Waals surface area contributed by atoms with Crippen LogP contribution in [0.5, 0.6) is 0 Å². The van der Waals surface area contributed by atoms with Crippen molar-refractivity contribution in [3.8, 4) is 0 Å². The lowest BCUT2D eigenvalue weighted by atomic mass is 9.98. The second kappa shape index (κ2) is 6.49. The average molecular weight is 341 g/mol. The molecule has 0 aromatic heterocycles. The molecule has 2 aromatic carbocycles. The topological polar surface area (TPSA) is 49.4 Å². The Kier molecular flexibility index (Phi) is 4.40. The summed E-state index contributed by atoms with van der Waals surface area (Å²) in [6.07, 6.45) is 3.92. The van der Waals surface area contributed by atoms with E-state index in [-0.39, 0.29) is 11.8 Å². The Hall–Kier alpha value is -2.59. The molecular formula is C19H17ClN2O2. The third-order valence-electron chi connectivity index (χ3n) is 4.06. The van der Waals surface area contributed by atoms with E-state index in [2.05, 4.69) is 5.32 Å². The number of carbonyl (C=O) groups excluding carboxylic acids is 2. The highest BCUT2D eigenvalue weighted by atomic mass is 35.5. The standard InChI is InChI=1S/C19H17ClN2O2/c1-12(23)22-11-16-9-15(19(24)21-2)6-4-13(16)3-5-14-10-17(20)7-8-18(14)22/h3-10H,11H2,1-2H3,(H,21,24). The highest BCUT2D eigenvalue weighted by Gasteiger charge is 2.19. The number of hydrogen-bond acceptors (Lipinski definition) is 2. The van der Waals surface area contributed by atoms with Gasteiger partial charge in [0.15, 0.2) is 0 Å². The van der Waals surface area contributed by atoms with Crippen LogP contribution in [0.1, 0.15) is 34.0 Å². The SMILES string of the molecule is CNC(=O)c1ccc2c(c1)CN(C(C)=O)c1ccc(Cl)cc1C=C2. The van der Waals surface area contributed by atoms with Gasteiger partial charge in [-0.05, 0) is 47.0 Å². The van der Waals surface area contributed by atoms with Crippen molar-refractivity contribution in [1.29, 1.82) is 0 Å². The van der Waals surface area contributed by atoms with Crippen LogP contribution >= 0.6 is 11.6 Å². The smallest absolute Gasteiger partial charge is 0.251 e. The minimum Gasteiger partial charge on any atom is -0.355 e. The van der Waals surface area contributed by atoms with Crippen LogP contribution in [0.25, 0.3) is 12.2 Å². The van der Waals surface area contributed by atoms with E-state index in [0.29, 0.717) is 17.1 Å². The lowest BCUT2D eigenvalue weighted by Crippen LogP contribution is -2.29. The highest BCUT2D eigenvalue weighted by molar-refractivity contribution is 6.30. The Morgan fingerprint density at radius 1 is 1.08 bits per heavy atom. The fourth-order valence-electron chi connectivity index (χ4n) is 2.81. The van der Waals surface area contributed by atoms with Gasteiger partial charge in [0.25, 0.3) is 5.91 Å². The molecule has 1 heterocycles. The van der Waals surface area contributed by atoms with E-state index in [4.69, 9.17) is 11.6 Å². The molecule has 0 aliphatic carbocycles. The summed E-state index contributed by atoms with van der Waals surface area (Å²) < 4.78 is 0. The highest BCUT2D eigenvalue weighted by Crippen LogP contribution is 2.31. The number of halogens is 1. The Morgan fingerprint density at radius 2 is 1.83 bits per heavy atom. The van der Waals surface area contributed by atoms with Gasteiger partial charge in [0, 0.05) is 24.6 Å². The van der Waals surface area contributed by atoms with Crippen molar-refractivity contribution in [3.63, 3.8) is 0 Å². The van der Waals surface area contributed by atoms with Crippen LogP contribution in [0.15, 0.2) is 36.4 Å². The minimum absolute atomic E-state index is 0.0647. The molecule has 0 atom stereocenters. The van der Waals surface area contributed by atoms with Crippen LogP contribution < -0.4 is 10.2 Å². The Bertz CT molecular complexity index is 858. The van der Waals surface area contributed by atoms with Crippen molar-refractivity contribution in [2.75, 3.05) is 11.9 Å². The maximum Gasteiger partial charge on any atom is 0.251 e. The summed E-state index contributed by atoms with van der Waals surface area (Å²) in [7, 11) is 1.60. The summed E-state index contributed by atoms with van der Waals surface area (Å²) in [5.41, 5.74) is 4.16. The van der Waals surface area contributed by atoms with E-state index < -0.39 is 0 Å². The Balaban J connectivity index is 2.15. The van der Waals surface area contributed by atoms with Gasteiger partial charge in [-0.2, -0.15) is 0 Å². The third kappa shape index (κ3) is 3.05. The first-order chi connectivity index (χ1) is 11.5. The second-order valence-electron chi connectivity index (χ2n) is 5.63. The summed E-state index contributed by atoms with van der Waals surface area (Å²) in [5.74, 6) is -0.212. The fraction of sp³-hybridized carbons (Fsp3) is 0.158. The van der Waals surface area contributed by atoms with Crippen LogP contribution in [-0.2, 0) is 11.3 Å². The first-order valence-electron chi connectivity index (χ1n) is 7.60. The van der Waals surface area contributed by atoms with Crippen molar-refractivity contribution in [2.45, 2.75) is 13.5 Å². The first-order valence-corrected chi connectivity index (χ1v) is 7.98. The molecule has 1 N–H and O–H groups in total. The molecule has 0 spiro atoms. The molecule has 24 heavy (non-hydrogen) atoms. The van der Waals surface area contributed by atoms with Crippen molar-refractivity contribution < 1.29 is 9.59 Å². The van der Waals surface area contributed by atoms with Gasteiger partial charge in [-0.3, -0.25) is 9.59 Å². The summed E-state index contributed by atoms with van der Waals surface area (Å²) in [4.78, 5) is 25.8. The zero-order valence-corrected chi connectivity index (χ0v) is 14.2. The van der Waals surface area contributed by atoms with E-state index in [1.807, 2.05) is 36.4 Å². The van der Waals surface area contributed by atoms with Crippen molar-refractivity contribution in [1.82, 2.24) is 5.32 Å². The number of nitrogens with zero attached hydrogens (tertiary/aromatic N) is 1. The fourth-order valence-corrected chi connectivity index (χ4v) is 2.99. The van der Waals surface area contributed by atoms with E-state index >= 15 is 0 Å². The van der Waals surface area contributed by atoms with Crippen LogP contribution in [-0.4, -0.2) is 18.9 Å². The third-order valence-corrected chi connectivity index (χ3v) is 4.30. The van der Waals surface area contributed by atoms with E-state index in [9.17, 15) is 9.59 Å². The summed E-state index contributed by atoms with van der Waals surface area (Å²) in [6.45, 7) is 1.93. The van der Waals surface area contributed by atoms with Gasteiger partial charge < -0.3 is 10.2 Å². The summed E-state index contributed by atoms with van der Waals surface area (Å²) in [5, 5.41) is 3.24. The maximum absolute atomic E-state index is 12.2. The number of amides is 2. The number of nitrogens with one attached hydrogen (secondary N) is 1. The van der Waals surface area contributed by atoms with E-state index in [0.717, 1.165) is 22.4 Å². The first kappa shape index (κ1) is 16.3. The maximum atomic E-state index is 12.2. The largest absolute Gasteiger partial charge is 0.355 e. The number of carbonyl (C=O) groups is 2. The molecule has 1 aliphatic heterocycles. The van der Waals surface area contributed by atoms with Gasteiger partial charge in [0.05, 0.1) is 12.2 Å². The number of benzene rings is 2. The van der Waals surface area contributed by atoms with E-state index in [1.54, 1.807) is 24.1 Å². The molecule has 2 amide bonds. The lowest BCUT2D eigenvalue weighted by Gasteiger charge is -2.26. The van der Waals surface area contributed by atoms with Crippen LogP contribution in [0.2, 0.25) is 5.02 Å².